The third kappa shape index (κ3) is 3.87. The second-order valence-corrected chi connectivity index (χ2v) is 9.31. The molecule has 0 bridgehead atoms. The molecule has 0 unspecified atom stereocenters. The van der Waals surface area contributed by atoms with Crippen LogP contribution >= 0.6 is 11.6 Å². The topological polar surface area (TPSA) is 99.3 Å². The van der Waals surface area contributed by atoms with Crippen molar-refractivity contribution in [1.82, 2.24) is 9.88 Å². The zero-order valence-electron chi connectivity index (χ0n) is 16.6. The molecule has 7 nitrogen and oxygen atoms in total. The quantitative estimate of drug-likeness (QED) is 0.350. The Morgan fingerprint density at radius 1 is 1.00 bits per heavy atom. The van der Waals surface area contributed by atoms with Gasteiger partial charge in [-0.1, -0.05) is 35.9 Å². The van der Waals surface area contributed by atoms with Gasteiger partial charge in [0.1, 0.15) is 0 Å². The number of nitrogens with one attached hydrogen (secondary N) is 2. The van der Waals surface area contributed by atoms with Crippen molar-refractivity contribution in [3.05, 3.63) is 71.4 Å². The Balaban J connectivity index is 1.65. The maximum absolute atomic E-state index is 12.9. The fourth-order valence-electron chi connectivity index (χ4n) is 3.30. The zero-order valence-corrected chi connectivity index (χ0v) is 18.2. The van der Waals surface area contributed by atoms with Crippen LogP contribution in [0.2, 0.25) is 5.02 Å². The van der Waals surface area contributed by atoms with E-state index in [2.05, 4.69) is 9.71 Å². The Morgan fingerprint density at radius 3 is 2.48 bits per heavy atom. The van der Waals surface area contributed by atoms with Crippen LogP contribution in [0.5, 0.6) is 0 Å². The zero-order chi connectivity index (χ0) is 22.3. The highest BCUT2D eigenvalue weighted by molar-refractivity contribution is 7.92. The van der Waals surface area contributed by atoms with E-state index in [1.54, 1.807) is 48.5 Å². The van der Waals surface area contributed by atoms with Gasteiger partial charge in [0.05, 0.1) is 16.1 Å². The summed E-state index contributed by atoms with van der Waals surface area (Å²) in [7, 11) is -0.850. The van der Waals surface area contributed by atoms with Crippen molar-refractivity contribution in [2.75, 3.05) is 18.8 Å². The van der Waals surface area contributed by atoms with E-state index in [0.29, 0.717) is 27.0 Å². The molecule has 0 aliphatic carbocycles. The number of carbonyl (C=O) groups excluding carboxylic acids is 2. The summed E-state index contributed by atoms with van der Waals surface area (Å²) in [6.07, 6.45) is 1.44. The summed E-state index contributed by atoms with van der Waals surface area (Å²) in [6, 6.07) is 14.7. The maximum atomic E-state index is 12.9. The molecule has 4 rings (SSSR count). The summed E-state index contributed by atoms with van der Waals surface area (Å²) in [6.45, 7) is 0. The molecule has 0 aliphatic heterocycles. The van der Waals surface area contributed by atoms with Crippen LogP contribution in [-0.2, 0) is 14.8 Å². The molecule has 1 heterocycles. The van der Waals surface area contributed by atoms with Gasteiger partial charge in [-0.3, -0.25) is 14.3 Å². The molecule has 0 fully saturated rings. The SMILES string of the molecule is CN(C)C(=O)C(=O)c1c[nH]c2cc(NS(=O)(=O)c3ccc4c(Cl)cccc4c3)ccc12. The number of Topliss-reactive ketones (excluding diaryl/α,β-unsaturated/α-hetero) is 1. The lowest BCUT2D eigenvalue weighted by Crippen LogP contribution is -2.29. The summed E-state index contributed by atoms with van der Waals surface area (Å²) in [5.74, 6) is -1.28. The molecule has 4 aromatic rings. The first-order chi connectivity index (χ1) is 14.7. The van der Waals surface area contributed by atoms with Gasteiger partial charge in [0.2, 0.25) is 0 Å². The third-order valence-electron chi connectivity index (χ3n) is 4.89. The average Bonchev–Trinajstić information content (AvgIpc) is 3.15. The number of amides is 1. The smallest absolute Gasteiger partial charge is 0.294 e. The van der Waals surface area contributed by atoms with Crippen molar-refractivity contribution in [3.63, 3.8) is 0 Å². The number of anilines is 1. The van der Waals surface area contributed by atoms with Crippen LogP contribution in [0.1, 0.15) is 10.4 Å². The third-order valence-corrected chi connectivity index (χ3v) is 6.60. The number of benzene rings is 3. The number of rotatable bonds is 5. The molecule has 0 saturated carbocycles. The summed E-state index contributed by atoms with van der Waals surface area (Å²) < 4.78 is 28.3. The lowest BCUT2D eigenvalue weighted by atomic mass is 10.1. The normalized spacial score (nSPS) is 11.6. The molecular formula is C22H18ClN3O4S. The minimum absolute atomic E-state index is 0.0984. The van der Waals surface area contributed by atoms with E-state index >= 15 is 0 Å². The number of carbonyl (C=O) groups is 2. The molecule has 31 heavy (non-hydrogen) atoms. The van der Waals surface area contributed by atoms with Crippen molar-refractivity contribution < 1.29 is 18.0 Å². The van der Waals surface area contributed by atoms with E-state index in [9.17, 15) is 18.0 Å². The predicted octanol–water partition coefficient (Wildman–Crippen LogP) is 4.05. The molecule has 1 amide bonds. The lowest BCUT2D eigenvalue weighted by Gasteiger charge is -2.10. The number of aromatic nitrogens is 1. The van der Waals surface area contributed by atoms with Gasteiger partial charge < -0.3 is 9.88 Å². The molecule has 0 spiro atoms. The summed E-state index contributed by atoms with van der Waals surface area (Å²) in [5, 5.41) is 2.55. The van der Waals surface area contributed by atoms with Gasteiger partial charge in [-0.2, -0.15) is 0 Å². The molecule has 0 atom stereocenters. The lowest BCUT2D eigenvalue weighted by molar-refractivity contribution is -0.124. The van der Waals surface area contributed by atoms with Gasteiger partial charge in [-0.15, -0.1) is 0 Å². The average molecular weight is 456 g/mol. The van der Waals surface area contributed by atoms with Crippen LogP contribution in [-0.4, -0.2) is 44.1 Å². The van der Waals surface area contributed by atoms with Crippen LogP contribution in [0, 0.1) is 0 Å². The van der Waals surface area contributed by atoms with Crippen LogP contribution in [0.3, 0.4) is 0 Å². The minimum atomic E-state index is -3.86. The minimum Gasteiger partial charge on any atom is -0.360 e. The van der Waals surface area contributed by atoms with E-state index in [-0.39, 0.29) is 10.5 Å². The number of hydrogen-bond donors (Lipinski definition) is 2. The number of hydrogen-bond acceptors (Lipinski definition) is 4. The largest absolute Gasteiger partial charge is 0.360 e. The molecule has 3 aromatic carbocycles. The number of H-pyrrole nitrogens is 1. The monoisotopic (exact) mass is 455 g/mol. The van der Waals surface area contributed by atoms with Crippen LogP contribution in [0.4, 0.5) is 5.69 Å². The second-order valence-electron chi connectivity index (χ2n) is 7.22. The maximum Gasteiger partial charge on any atom is 0.294 e. The van der Waals surface area contributed by atoms with Crippen molar-refractivity contribution in [2.45, 2.75) is 4.90 Å². The number of halogens is 1. The van der Waals surface area contributed by atoms with Crippen molar-refractivity contribution in [3.8, 4) is 0 Å². The van der Waals surface area contributed by atoms with E-state index in [1.807, 2.05) is 0 Å². The number of ketones is 1. The van der Waals surface area contributed by atoms with Gasteiger partial charge in [-0.05, 0) is 35.7 Å². The molecule has 1 aromatic heterocycles. The fraction of sp³-hybridized carbons (Fsp3) is 0.0909. The first kappa shape index (κ1) is 20.9. The van der Waals surface area contributed by atoms with Gasteiger partial charge in [0, 0.05) is 41.6 Å². The Kier molecular flexibility index (Phi) is 5.20. The molecule has 2 N–H and O–H groups in total. The highest BCUT2D eigenvalue weighted by Gasteiger charge is 2.22. The van der Waals surface area contributed by atoms with Gasteiger partial charge in [-0.25, -0.2) is 8.42 Å². The van der Waals surface area contributed by atoms with E-state index in [1.165, 1.54) is 31.3 Å². The Morgan fingerprint density at radius 2 is 1.74 bits per heavy atom. The van der Waals surface area contributed by atoms with Crippen LogP contribution < -0.4 is 4.72 Å². The summed E-state index contributed by atoms with van der Waals surface area (Å²) in [4.78, 5) is 28.6. The molecule has 0 aliphatic rings. The first-order valence-electron chi connectivity index (χ1n) is 9.25. The number of nitrogens with zero attached hydrogens (tertiary/aromatic N) is 1. The molecular weight excluding hydrogens is 438 g/mol. The standard InChI is InChI=1S/C22H18ClN3O4S/c1-26(2)22(28)21(27)18-12-24-20-11-14(6-8-17(18)20)25-31(29,30)15-7-9-16-13(10-15)4-3-5-19(16)23/h3-12,24-25H,1-2H3. The van der Waals surface area contributed by atoms with E-state index < -0.39 is 21.7 Å². The van der Waals surface area contributed by atoms with E-state index in [0.717, 1.165) is 5.39 Å². The number of fused-ring (bicyclic) bond motifs is 2. The van der Waals surface area contributed by atoms with E-state index in [4.69, 9.17) is 11.6 Å². The van der Waals surface area contributed by atoms with Crippen molar-refractivity contribution in [1.29, 1.82) is 0 Å². The van der Waals surface area contributed by atoms with Gasteiger partial charge >= 0.3 is 0 Å². The second kappa shape index (κ2) is 7.72. The highest BCUT2D eigenvalue weighted by Crippen LogP contribution is 2.28. The van der Waals surface area contributed by atoms with Gasteiger partial charge in [0.15, 0.2) is 0 Å². The Hall–Kier alpha value is -3.36. The molecule has 0 saturated heterocycles. The van der Waals surface area contributed by atoms with Crippen LogP contribution in [0.15, 0.2) is 65.7 Å². The van der Waals surface area contributed by atoms with Crippen LogP contribution in [0.25, 0.3) is 21.7 Å². The Labute approximate surface area is 183 Å². The number of sulfonamides is 1. The van der Waals surface area contributed by atoms with Crippen molar-refractivity contribution >= 4 is 60.7 Å². The summed E-state index contributed by atoms with van der Waals surface area (Å²) in [5.41, 5.74) is 1.08. The van der Waals surface area contributed by atoms with Gasteiger partial charge in [0.25, 0.3) is 21.7 Å². The number of likely N-dealkylation sites (N-methyl/N-ethyl adjacent to an activating group) is 1. The first-order valence-corrected chi connectivity index (χ1v) is 11.1. The van der Waals surface area contributed by atoms with Crippen molar-refractivity contribution in [2.24, 2.45) is 0 Å². The predicted molar refractivity (Wildman–Crippen MR) is 121 cm³/mol. The fourth-order valence-corrected chi connectivity index (χ4v) is 4.63. The summed E-state index contributed by atoms with van der Waals surface area (Å²) >= 11 is 6.15. The highest BCUT2D eigenvalue weighted by atomic mass is 35.5. The number of aromatic amines is 1. The Bertz CT molecular complexity index is 1460. The molecule has 158 valence electrons. The molecule has 0 radical (unpaired) electrons. The molecule has 9 heteroatoms.